The maximum atomic E-state index is 6.19. The van der Waals surface area contributed by atoms with Crippen molar-refractivity contribution < 1.29 is 9.31 Å². The van der Waals surface area contributed by atoms with Crippen molar-refractivity contribution in [2.45, 2.75) is 52.7 Å². The van der Waals surface area contributed by atoms with Crippen LogP contribution in [0.3, 0.4) is 0 Å². The van der Waals surface area contributed by atoms with E-state index in [0.29, 0.717) is 0 Å². The number of rotatable bonds is 1. The predicted octanol–water partition coefficient (Wildman–Crippen LogP) is 3.15. The van der Waals surface area contributed by atoms with Gasteiger partial charge >= 0.3 is 7.12 Å². The van der Waals surface area contributed by atoms with E-state index >= 15 is 0 Å². The van der Waals surface area contributed by atoms with E-state index in [1.165, 1.54) is 5.56 Å². The molecule has 3 nitrogen and oxygen atoms in total. The average Bonchev–Trinajstić information content (AvgIpc) is 2.58. The van der Waals surface area contributed by atoms with Crippen LogP contribution in [-0.4, -0.2) is 23.3 Å². The summed E-state index contributed by atoms with van der Waals surface area (Å²) in [7, 11) is -0.369. The molecule has 0 aliphatic carbocycles. The van der Waals surface area contributed by atoms with E-state index in [2.05, 4.69) is 52.8 Å². The van der Waals surface area contributed by atoms with Gasteiger partial charge in [-0.05, 0) is 53.7 Å². The standard InChI is InChI=1S/C17H22BNO2/c1-11-9-13-8-7-12(2)19-15(13)14(10-11)18-20-16(3,4)17(5,6)21-18/h7-10H,1-6H3. The lowest BCUT2D eigenvalue weighted by Gasteiger charge is -2.32. The lowest BCUT2D eigenvalue weighted by molar-refractivity contribution is 0.00578. The minimum Gasteiger partial charge on any atom is -0.399 e. The smallest absolute Gasteiger partial charge is 0.399 e. The fourth-order valence-electron chi connectivity index (χ4n) is 2.67. The van der Waals surface area contributed by atoms with Gasteiger partial charge in [0.2, 0.25) is 0 Å². The third-order valence-electron chi connectivity index (χ3n) is 4.61. The average molecular weight is 283 g/mol. The van der Waals surface area contributed by atoms with E-state index in [0.717, 1.165) is 22.1 Å². The molecule has 0 unspecified atom stereocenters. The van der Waals surface area contributed by atoms with Crippen LogP contribution in [0.1, 0.15) is 39.0 Å². The Kier molecular flexibility index (Phi) is 3.15. The summed E-state index contributed by atoms with van der Waals surface area (Å²) in [4.78, 5) is 4.70. The van der Waals surface area contributed by atoms with Crippen LogP contribution in [0.15, 0.2) is 24.3 Å². The minimum atomic E-state index is -0.369. The van der Waals surface area contributed by atoms with Crippen LogP contribution < -0.4 is 5.46 Å². The molecular weight excluding hydrogens is 261 g/mol. The molecule has 0 saturated carbocycles. The molecule has 4 heteroatoms. The van der Waals surface area contributed by atoms with E-state index in [1.54, 1.807) is 0 Å². The zero-order chi connectivity index (χ0) is 15.4. The Morgan fingerprint density at radius 3 is 2.19 bits per heavy atom. The predicted molar refractivity (Wildman–Crippen MR) is 86.9 cm³/mol. The van der Waals surface area contributed by atoms with Gasteiger partial charge in [-0.15, -0.1) is 0 Å². The van der Waals surface area contributed by atoms with Crippen LogP contribution in [0.5, 0.6) is 0 Å². The Hall–Kier alpha value is -1.39. The van der Waals surface area contributed by atoms with Crippen LogP contribution in [0.4, 0.5) is 0 Å². The second-order valence-electron chi connectivity index (χ2n) is 6.97. The summed E-state index contributed by atoms with van der Waals surface area (Å²) in [6, 6.07) is 8.42. The van der Waals surface area contributed by atoms with Crippen LogP contribution in [0.2, 0.25) is 0 Å². The first-order chi connectivity index (χ1) is 9.69. The minimum absolute atomic E-state index is 0.336. The van der Waals surface area contributed by atoms with Gasteiger partial charge in [-0.3, -0.25) is 4.98 Å². The summed E-state index contributed by atoms with van der Waals surface area (Å²) in [6.45, 7) is 12.4. The van der Waals surface area contributed by atoms with E-state index in [9.17, 15) is 0 Å². The molecule has 0 amide bonds. The molecule has 1 saturated heterocycles. The third kappa shape index (κ3) is 2.36. The fraction of sp³-hybridized carbons (Fsp3) is 0.471. The Morgan fingerprint density at radius 2 is 1.57 bits per heavy atom. The van der Waals surface area contributed by atoms with Crippen molar-refractivity contribution >= 4 is 23.5 Å². The molecule has 0 radical (unpaired) electrons. The molecular formula is C17H22BNO2. The number of pyridine rings is 1. The molecule has 0 N–H and O–H groups in total. The first kappa shape index (κ1) is 14.5. The van der Waals surface area contributed by atoms with Crippen molar-refractivity contribution in [2.75, 3.05) is 0 Å². The second-order valence-corrected chi connectivity index (χ2v) is 6.97. The summed E-state index contributed by atoms with van der Waals surface area (Å²) in [5.74, 6) is 0. The first-order valence-corrected chi connectivity index (χ1v) is 7.43. The number of fused-ring (bicyclic) bond motifs is 1. The quantitative estimate of drug-likeness (QED) is 0.753. The van der Waals surface area contributed by atoms with Gasteiger partial charge in [-0.25, -0.2) is 0 Å². The van der Waals surface area contributed by atoms with Crippen molar-refractivity contribution in [3.05, 3.63) is 35.5 Å². The summed E-state index contributed by atoms with van der Waals surface area (Å²) in [6.07, 6.45) is 0. The fourth-order valence-corrected chi connectivity index (χ4v) is 2.67. The van der Waals surface area contributed by atoms with Gasteiger partial charge in [-0.1, -0.05) is 17.7 Å². The van der Waals surface area contributed by atoms with Gasteiger partial charge in [0.1, 0.15) is 0 Å². The van der Waals surface area contributed by atoms with E-state index in [1.807, 2.05) is 13.0 Å². The molecule has 2 aromatic rings. The molecule has 0 bridgehead atoms. The summed E-state index contributed by atoms with van der Waals surface area (Å²) in [5.41, 5.74) is 3.52. The summed E-state index contributed by atoms with van der Waals surface area (Å²) >= 11 is 0. The first-order valence-electron chi connectivity index (χ1n) is 7.43. The lowest BCUT2D eigenvalue weighted by atomic mass is 9.76. The lowest BCUT2D eigenvalue weighted by Crippen LogP contribution is -2.41. The van der Waals surface area contributed by atoms with Gasteiger partial charge < -0.3 is 9.31 Å². The van der Waals surface area contributed by atoms with Crippen LogP contribution in [-0.2, 0) is 9.31 Å². The maximum absolute atomic E-state index is 6.19. The Labute approximate surface area is 126 Å². The molecule has 2 heterocycles. The molecule has 0 spiro atoms. The largest absolute Gasteiger partial charge is 0.497 e. The van der Waals surface area contributed by atoms with Crippen molar-refractivity contribution in [1.82, 2.24) is 4.98 Å². The highest BCUT2D eigenvalue weighted by molar-refractivity contribution is 6.65. The summed E-state index contributed by atoms with van der Waals surface area (Å²) < 4.78 is 12.4. The van der Waals surface area contributed by atoms with Gasteiger partial charge in [-0.2, -0.15) is 0 Å². The topological polar surface area (TPSA) is 31.4 Å². The number of aromatic nitrogens is 1. The van der Waals surface area contributed by atoms with Crippen molar-refractivity contribution in [3.63, 3.8) is 0 Å². The summed E-state index contributed by atoms with van der Waals surface area (Å²) in [5, 5.41) is 1.13. The number of nitrogens with zero attached hydrogens (tertiary/aromatic N) is 1. The molecule has 1 aromatic carbocycles. The zero-order valence-corrected chi connectivity index (χ0v) is 13.7. The van der Waals surface area contributed by atoms with Crippen LogP contribution >= 0.6 is 0 Å². The van der Waals surface area contributed by atoms with E-state index < -0.39 is 0 Å². The number of benzene rings is 1. The number of hydrogen-bond donors (Lipinski definition) is 0. The highest BCUT2D eigenvalue weighted by atomic mass is 16.7. The third-order valence-corrected chi connectivity index (χ3v) is 4.61. The van der Waals surface area contributed by atoms with Crippen LogP contribution in [0.25, 0.3) is 10.9 Å². The molecule has 1 aromatic heterocycles. The Bertz CT molecular complexity index is 693. The number of hydrogen-bond acceptors (Lipinski definition) is 3. The molecule has 1 fully saturated rings. The number of aryl methyl sites for hydroxylation is 2. The second kappa shape index (κ2) is 4.55. The highest BCUT2D eigenvalue weighted by Gasteiger charge is 2.52. The van der Waals surface area contributed by atoms with Gasteiger partial charge in [0.15, 0.2) is 0 Å². The molecule has 21 heavy (non-hydrogen) atoms. The monoisotopic (exact) mass is 283 g/mol. The van der Waals surface area contributed by atoms with Gasteiger partial charge in [0, 0.05) is 16.5 Å². The molecule has 110 valence electrons. The molecule has 1 aliphatic heterocycles. The van der Waals surface area contributed by atoms with E-state index in [4.69, 9.17) is 14.3 Å². The van der Waals surface area contributed by atoms with Crippen LogP contribution in [0, 0.1) is 13.8 Å². The SMILES string of the molecule is Cc1cc(B2OC(C)(C)C(C)(C)O2)c2nc(C)ccc2c1. The molecule has 1 aliphatic rings. The Balaban J connectivity index is 2.15. The van der Waals surface area contributed by atoms with Gasteiger partial charge in [0.25, 0.3) is 0 Å². The normalized spacial score (nSPS) is 20.2. The highest BCUT2D eigenvalue weighted by Crippen LogP contribution is 2.37. The zero-order valence-electron chi connectivity index (χ0n) is 13.7. The van der Waals surface area contributed by atoms with Crippen molar-refractivity contribution in [3.8, 4) is 0 Å². The van der Waals surface area contributed by atoms with Crippen molar-refractivity contribution in [1.29, 1.82) is 0 Å². The Morgan fingerprint density at radius 1 is 0.952 bits per heavy atom. The van der Waals surface area contributed by atoms with Crippen molar-refractivity contribution in [2.24, 2.45) is 0 Å². The molecule has 0 atom stereocenters. The van der Waals surface area contributed by atoms with E-state index in [-0.39, 0.29) is 18.3 Å². The maximum Gasteiger partial charge on any atom is 0.497 e. The molecule has 3 rings (SSSR count). The van der Waals surface area contributed by atoms with Gasteiger partial charge in [0.05, 0.1) is 16.7 Å².